The SMILES string of the molecule is CN=C(NCc1ccc(C(=O)N2CCCCC2)cc1)NCc1ccccc1Cn1cccn1. The minimum absolute atomic E-state index is 0.139. The van der Waals surface area contributed by atoms with Gasteiger partial charge in [0.25, 0.3) is 5.91 Å². The molecule has 0 bridgehead atoms. The third-order valence-corrected chi connectivity index (χ3v) is 5.98. The lowest BCUT2D eigenvalue weighted by Gasteiger charge is -2.26. The highest BCUT2D eigenvalue weighted by molar-refractivity contribution is 5.94. The highest BCUT2D eigenvalue weighted by Gasteiger charge is 2.17. The van der Waals surface area contributed by atoms with Crippen molar-refractivity contribution >= 4 is 11.9 Å². The normalized spacial score (nSPS) is 14.2. The standard InChI is InChI=1S/C26H32N6O/c1-27-26(29-19-23-8-3-4-9-24(23)20-32-17-7-14-30-32)28-18-21-10-12-22(13-11-21)25(33)31-15-5-2-6-16-31/h3-4,7-14,17H,2,5-6,15-16,18-20H2,1H3,(H2,27,28,29). The van der Waals surface area contributed by atoms with Crippen LogP contribution in [0.2, 0.25) is 0 Å². The van der Waals surface area contributed by atoms with E-state index in [0.29, 0.717) is 13.1 Å². The van der Waals surface area contributed by atoms with E-state index in [1.54, 1.807) is 13.2 Å². The number of carbonyl (C=O) groups is 1. The smallest absolute Gasteiger partial charge is 0.253 e. The molecule has 0 spiro atoms. The van der Waals surface area contributed by atoms with Crippen LogP contribution in [0.25, 0.3) is 0 Å². The minimum atomic E-state index is 0.139. The first-order valence-electron chi connectivity index (χ1n) is 11.6. The molecule has 2 aromatic carbocycles. The molecule has 172 valence electrons. The largest absolute Gasteiger partial charge is 0.352 e. The van der Waals surface area contributed by atoms with Crippen molar-refractivity contribution in [2.75, 3.05) is 20.1 Å². The molecule has 7 nitrogen and oxygen atoms in total. The van der Waals surface area contributed by atoms with Crippen molar-refractivity contribution in [3.8, 4) is 0 Å². The maximum atomic E-state index is 12.6. The lowest BCUT2D eigenvalue weighted by Crippen LogP contribution is -2.36. The van der Waals surface area contributed by atoms with E-state index in [2.05, 4.69) is 38.9 Å². The van der Waals surface area contributed by atoms with Crippen LogP contribution in [-0.4, -0.2) is 46.7 Å². The van der Waals surface area contributed by atoms with Crippen LogP contribution in [0, 0.1) is 0 Å². The third kappa shape index (κ3) is 6.22. The van der Waals surface area contributed by atoms with Crippen LogP contribution < -0.4 is 10.6 Å². The van der Waals surface area contributed by atoms with E-state index in [1.165, 1.54) is 17.5 Å². The molecule has 2 heterocycles. The summed E-state index contributed by atoms with van der Waals surface area (Å²) in [5.74, 6) is 0.873. The number of aromatic nitrogens is 2. The first-order valence-corrected chi connectivity index (χ1v) is 11.6. The summed E-state index contributed by atoms with van der Waals surface area (Å²) >= 11 is 0. The average Bonchev–Trinajstić information content (AvgIpc) is 3.38. The van der Waals surface area contributed by atoms with Gasteiger partial charge in [-0.1, -0.05) is 36.4 Å². The summed E-state index contributed by atoms with van der Waals surface area (Å²) in [7, 11) is 1.77. The first-order chi connectivity index (χ1) is 16.2. The van der Waals surface area contributed by atoms with Gasteiger partial charge in [-0.15, -0.1) is 0 Å². The number of piperidine rings is 1. The van der Waals surface area contributed by atoms with E-state index in [0.717, 1.165) is 49.6 Å². The van der Waals surface area contributed by atoms with Crippen LogP contribution in [0.5, 0.6) is 0 Å². The highest BCUT2D eigenvalue weighted by atomic mass is 16.2. The molecule has 33 heavy (non-hydrogen) atoms. The number of carbonyl (C=O) groups excluding carboxylic acids is 1. The van der Waals surface area contributed by atoms with Crippen LogP contribution in [0.4, 0.5) is 0 Å². The number of guanidine groups is 1. The molecule has 3 aromatic rings. The van der Waals surface area contributed by atoms with Gasteiger partial charge in [0.05, 0.1) is 6.54 Å². The maximum absolute atomic E-state index is 12.6. The molecule has 0 saturated carbocycles. The fourth-order valence-corrected chi connectivity index (χ4v) is 4.08. The fourth-order valence-electron chi connectivity index (χ4n) is 4.08. The molecule has 1 aromatic heterocycles. The van der Waals surface area contributed by atoms with E-state index in [9.17, 15) is 4.79 Å². The number of amides is 1. The monoisotopic (exact) mass is 444 g/mol. The lowest BCUT2D eigenvalue weighted by molar-refractivity contribution is 0.0724. The van der Waals surface area contributed by atoms with Gasteiger partial charge in [0, 0.05) is 51.2 Å². The van der Waals surface area contributed by atoms with Gasteiger partial charge in [-0.3, -0.25) is 14.5 Å². The summed E-state index contributed by atoms with van der Waals surface area (Å²) in [5.41, 5.74) is 4.29. The van der Waals surface area contributed by atoms with Crippen molar-refractivity contribution in [3.63, 3.8) is 0 Å². The van der Waals surface area contributed by atoms with Gasteiger partial charge in [-0.05, 0) is 54.2 Å². The van der Waals surface area contributed by atoms with Crippen LogP contribution in [0.1, 0.15) is 46.3 Å². The summed E-state index contributed by atoms with van der Waals surface area (Å²) in [6, 6.07) is 18.2. The number of nitrogens with one attached hydrogen (secondary N) is 2. The number of rotatable bonds is 7. The molecule has 1 amide bonds. The summed E-state index contributed by atoms with van der Waals surface area (Å²) < 4.78 is 1.92. The third-order valence-electron chi connectivity index (χ3n) is 5.98. The molecule has 1 fully saturated rings. The van der Waals surface area contributed by atoms with Gasteiger partial charge < -0.3 is 15.5 Å². The zero-order valence-corrected chi connectivity index (χ0v) is 19.2. The number of hydrogen-bond donors (Lipinski definition) is 2. The molecule has 1 aliphatic rings. The van der Waals surface area contributed by atoms with Crippen LogP contribution in [0.15, 0.2) is 72.0 Å². The molecule has 4 rings (SSSR count). The Morgan fingerprint density at radius 1 is 0.939 bits per heavy atom. The zero-order chi connectivity index (χ0) is 22.9. The van der Waals surface area contributed by atoms with Gasteiger partial charge in [0.1, 0.15) is 0 Å². The van der Waals surface area contributed by atoms with Crippen molar-refractivity contribution in [1.29, 1.82) is 0 Å². The molecule has 0 atom stereocenters. The van der Waals surface area contributed by atoms with E-state index in [4.69, 9.17) is 0 Å². The fraction of sp³-hybridized carbons (Fsp3) is 0.346. The molecular weight excluding hydrogens is 412 g/mol. The molecule has 0 aliphatic carbocycles. The Labute approximate surface area is 195 Å². The second-order valence-electron chi connectivity index (χ2n) is 8.30. The Hall–Kier alpha value is -3.61. The van der Waals surface area contributed by atoms with Gasteiger partial charge in [0.2, 0.25) is 0 Å². The van der Waals surface area contributed by atoms with Gasteiger partial charge >= 0.3 is 0 Å². The number of benzene rings is 2. The Morgan fingerprint density at radius 3 is 2.36 bits per heavy atom. The van der Waals surface area contributed by atoms with E-state index >= 15 is 0 Å². The molecule has 2 N–H and O–H groups in total. The van der Waals surface area contributed by atoms with Crippen LogP contribution >= 0.6 is 0 Å². The Kier molecular flexibility index (Phi) is 7.74. The van der Waals surface area contributed by atoms with Crippen molar-refractivity contribution in [3.05, 3.63) is 89.2 Å². The number of hydrogen-bond acceptors (Lipinski definition) is 3. The minimum Gasteiger partial charge on any atom is -0.352 e. The molecule has 1 aliphatic heterocycles. The molecule has 0 unspecified atom stereocenters. The second kappa shape index (κ2) is 11.3. The molecular formula is C26H32N6O. The van der Waals surface area contributed by atoms with E-state index in [-0.39, 0.29) is 5.91 Å². The van der Waals surface area contributed by atoms with Crippen LogP contribution in [0.3, 0.4) is 0 Å². The average molecular weight is 445 g/mol. The van der Waals surface area contributed by atoms with E-state index < -0.39 is 0 Å². The zero-order valence-electron chi connectivity index (χ0n) is 19.2. The summed E-state index contributed by atoms with van der Waals surface area (Å²) in [6.07, 6.45) is 7.19. The lowest BCUT2D eigenvalue weighted by atomic mass is 10.1. The summed E-state index contributed by atoms with van der Waals surface area (Å²) in [4.78, 5) is 19.0. The van der Waals surface area contributed by atoms with Crippen molar-refractivity contribution in [2.45, 2.75) is 38.9 Å². The second-order valence-corrected chi connectivity index (χ2v) is 8.30. The maximum Gasteiger partial charge on any atom is 0.253 e. The number of aliphatic imine (C=N–C) groups is 1. The Morgan fingerprint density at radius 2 is 1.67 bits per heavy atom. The Bertz CT molecular complexity index is 1050. The molecule has 1 saturated heterocycles. The summed E-state index contributed by atoms with van der Waals surface area (Å²) in [6.45, 7) is 3.77. The number of nitrogens with zero attached hydrogens (tertiary/aromatic N) is 4. The van der Waals surface area contributed by atoms with Crippen molar-refractivity contribution < 1.29 is 4.79 Å². The van der Waals surface area contributed by atoms with E-state index in [1.807, 2.05) is 52.2 Å². The highest BCUT2D eigenvalue weighted by Crippen LogP contribution is 2.14. The molecule has 7 heteroatoms. The predicted molar refractivity (Wildman–Crippen MR) is 131 cm³/mol. The number of likely N-dealkylation sites (tertiary alicyclic amines) is 1. The Balaban J connectivity index is 1.29. The quantitative estimate of drug-likeness (QED) is 0.433. The topological polar surface area (TPSA) is 74.6 Å². The van der Waals surface area contributed by atoms with Gasteiger partial charge in [0.15, 0.2) is 5.96 Å². The first kappa shape index (κ1) is 22.6. The molecule has 0 radical (unpaired) electrons. The van der Waals surface area contributed by atoms with Crippen molar-refractivity contribution in [2.24, 2.45) is 4.99 Å². The summed E-state index contributed by atoms with van der Waals surface area (Å²) in [5, 5.41) is 11.1. The van der Waals surface area contributed by atoms with Gasteiger partial charge in [-0.2, -0.15) is 5.10 Å². The van der Waals surface area contributed by atoms with Crippen molar-refractivity contribution in [1.82, 2.24) is 25.3 Å². The predicted octanol–water partition coefficient (Wildman–Crippen LogP) is 3.42. The van der Waals surface area contributed by atoms with Crippen LogP contribution in [-0.2, 0) is 19.6 Å². The van der Waals surface area contributed by atoms with Gasteiger partial charge in [-0.25, -0.2) is 0 Å².